The zero-order chi connectivity index (χ0) is 15.4. The van der Waals surface area contributed by atoms with Gasteiger partial charge in [0.15, 0.2) is 5.78 Å². The predicted octanol–water partition coefficient (Wildman–Crippen LogP) is 2.68. The van der Waals surface area contributed by atoms with Gasteiger partial charge in [0.2, 0.25) is 0 Å². The quantitative estimate of drug-likeness (QED) is 0.486. The van der Waals surface area contributed by atoms with Gasteiger partial charge in [0.1, 0.15) is 17.0 Å². The highest BCUT2D eigenvalue weighted by Crippen LogP contribution is 2.19. The number of carbonyl (C=O) groups excluding carboxylic acids is 2. The van der Waals surface area contributed by atoms with Crippen LogP contribution < -0.4 is 4.74 Å². The Bertz CT molecular complexity index is 683. The Balaban J connectivity index is 2.20. The third-order valence-electron chi connectivity index (χ3n) is 3.26. The molecule has 21 heavy (non-hydrogen) atoms. The van der Waals surface area contributed by atoms with E-state index in [0.29, 0.717) is 28.2 Å². The molecule has 0 fully saturated rings. The van der Waals surface area contributed by atoms with Gasteiger partial charge in [-0.05, 0) is 43.7 Å². The van der Waals surface area contributed by atoms with Crippen molar-refractivity contribution >= 4 is 17.5 Å². The van der Waals surface area contributed by atoms with Crippen LogP contribution in [0, 0.1) is 0 Å². The molecule has 2 rings (SSSR count). The molecule has 0 spiro atoms. The van der Waals surface area contributed by atoms with Crippen LogP contribution in [0.3, 0.4) is 0 Å². The lowest BCUT2D eigenvalue weighted by molar-refractivity contribution is -0.111. The number of oxime groups is 1. The summed E-state index contributed by atoms with van der Waals surface area (Å²) in [7, 11) is 1.48. The zero-order valence-electron chi connectivity index (χ0n) is 12.0. The summed E-state index contributed by atoms with van der Waals surface area (Å²) in [6.45, 7) is 3.46. The van der Waals surface area contributed by atoms with Gasteiger partial charge in [0, 0.05) is 5.57 Å². The van der Waals surface area contributed by atoms with Crippen LogP contribution in [0.5, 0.6) is 5.75 Å². The molecule has 0 N–H and O–H groups in total. The van der Waals surface area contributed by atoms with Gasteiger partial charge in [-0.3, -0.25) is 4.79 Å². The molecule has 1 aliphatic rings. The van der Waals surface area contributed by atoms with E-state index in [1.807, 2.05) is 0 Å². The maximum absolute atomic E-state index is 12.0. The highest BCUT2D eigenvalue weighted by atomic mass is 16.7. The molecule has 0 amide bonds. The first kappa shape index (κ1) is 14.7. The van der Waals surface area contributed by atoms with Crippen LogP contribution in [0.25, 0.3) is 0 Å². The molecular formula is C16H15NO4. The number of hydrogen-bond donors (Lipinski definition) is 0. The van der Waals surface area contributed by atoms with E-state index in [0.717, 1.165) is 0 Å². The van der Waals surface area contributed by atoms with Crippen LogP contribution >= 0.6 is 0 Å². The molecule has 5 nitrogen and oxygen atoms in total. The largest absolute Gasteiger partial charge is 0.496 e. The Morgan fingerprint density at radius 3 is 2.52 bits per heavy atom. The minimum atomic E-state index is -0.615. The summed E-state index contributed by atoms with van der Waals surface area (Å²) < 4.78 is 5.09. The van der Waals surface area contributed by atoms with E-state index in [-0.39, 0.29) is 5.78 Å². The second-order valence-electron chi connectivity index (χ2n) is 4.50. The average Bonchev–Trinajstić information content (AvgIpc) is 2.51. The van der Waals surface area contributed by atoms with Crippen molar-refractivity contribution in [3.05, 3.63) is 53.1 Å². The van der Waals surface area contributed by atoms with Gasteiger partial charge in [-0.2, -0.15) is 0 Å². The summed E-state index contributed by atoms with van der Waals surface area (Å²) in [5, 5.41) is 3.82. The molecule has 0 radical (unpaired) electrons. The van der Waals surface area contributed by atoms with Gasteiger partial charge in [-0.15, -0.1) is 0 Å². The first-order valence-corrected chi connectivity index (χ1v) is 6.37. The number of allylic oxidation sites excluding steroid dienone is 4. The highest BCUT2D eigenvalue weighted by Gasteiger charge is 2.17. The minimum Gasteiger partial charge on any atom is -0.496 e. The van der Waals surface area contributed by atoms with E-state index in [9.17, 15) is 9.59 Å². The van der Waals surface area contributed by atoms with Gasteiger partial charge < -0.3 is 9.57 Å². The first-order valence-electron chi connectivity index (χ1n) is 6.37. The predicted molar refractivity (Wildman–Crippen MR) is 78.4 cm³/mol. The summed E-state index contributed by atoms with van der Waals surface area (Å²) in [6, 6.07) is 6.72. The van der Waals surface area contributed by atoms with Gasteiger partial charge in [0.25, 0.3) is 0 Å². The second kappa shape index (κ2) is 6.17. The number of carbonyl (C=O) groups is 2. The maximum atomic E-state index is 12.0. The Labute approximate surface area is 122 Å². The Kier molecular flexibility index (Phi) is 4.33. The standard InChI is InChI=1S/C16H15NO4/c1-10-11(2)14(18)9-8-13(10)17-21-16(19)12-6-4-5-7-15(12)20-3/h4-9H,1-3H3/b17-13-. The van der Waals surface area contributed by atoms with E-state index >= 15 is 0 Å². The summed E-state index contributed by atoms with van der Waals surface area (Å²) >= 11 is 0. The Morgan fingerprint density at radius 1 is 1.10 bits per heavy atom. The summed E-state index contributed by atoms with van der Waals surface area (Å²) in [5.74, 6) is -0.265. The number of para-hydroxylation sites is 1. The van der Waals surface area contributed by atoms with E-state index in [2.05, 4.69) is 5.16 Å². The third kappa shape index (κ3) is 3.08. The number of ether oxygens (including phenoxy) is 1. The van der Waals surface area contributed by atoms with Crippen molar-refractivity contribution in [2.75, 3.05) is 7.11 Å². The highest BCUT2D eigenvalue weighted by molar-refractivity contribution is 6.21. The molecule has 1 aromatic rings. The monoisotopic (exact) mass is 285 g/mol. The van der Waals surface area contributed by atoms with Gasteiger partial charge in [0.05, 0.1) is 7.11 Å². The van der Waals surface area contributed by atoms with E-state index in [1.54, 1.807) is 38.1 Å². The Hall–Kier alpha value is -2.69. The number of hydrogen-bond acceptors (Lipinski definition) is 5. The van der Waals surface area contributed by atoms with Crippen LogP contribution in [-0.4, -0.2) is 24.6 Å². The topological polar surface area (TPSA) is 65.0 Å². The molecule has 0 atom stereocenters. The number of ketones is 1. The lowest BCUT2D eigenvalue weighted by atomic mass is 9.97. The third-order valence-corrected chi connectivity index (χ3v) is 3.26. The first-order chi connectivity index (χ1) is 10.0. The van der Waals surface area contributed by atoms with Crippen molar-refractivity contribution in [1.29, 1.82) is 0 Å². The van der Waals surface area contributed by atoms with Crippen molar-refractivity contribution in [3.8, 4) is 5.75 Å². The molecule has 0 saturated heterocycles. The van der Waals surface area contributed by atoms with Crippen molar-refractivity contribution in [1.82, 2.24) is 0 Å². The molecule has 108 valence electrons. The molecule has 1 aliphatic carbocycles. The summed E-state index contributed by atoms with van der Waals surface area (Å²) in [4.78, 5) is 28.4. The Morgan fingerprint density at radius 2 is 1.81 bits per heavy atom. The molecular weight excluding hydrogens is 270 g/mol. The molecule has 1 aromatic carbocycles. The van der Waals surface area contributed by atoms with Crippen molar-refractivity contribution in [3.63, 3.8) is 0 Å². The van der Waals surface area contributed by atoms with Crippen molar-refractivity contribution < 1.29 is 19.2 Å². The van der Waals surface area contributed by atoms with Crippen LogP contribution in [-0.2, 0) is 9.63 Å². The smallest absolute Gasteiger partial charge is 0.369 e. The van der Waals surface area contributed by atoms with Crippen LogP contribution in [0.1, 0.15) is 24.2 Å². The molecule has 5 heteroatoms. The minimum absolute atomic E-state index is 0.0671. The average molecular weight is 285 g/mol. The normalized spacial score (nSPS) is 16.3. The maximum Gasteiger partial charge on any atom is 0.369 e. The second-order valence-corrected chi connectivity index (χ2v) is 4.50. The van der Waals surface area contributed by atoms with Crippen molar-refractivity contribution in [2.24, 2.45) is 5.16 Å². The molecule has 0 heterocycles. The van der Waals surface area contributed by atoms with E-state index in [4.69, 9.17) is 9.57 Å². The number of rotatable bonds is 3. The number of nitrogens with zero attached hydrogens (tertiary/aromatic N) is 1. The van der Waals surface area contributed by atoms with Gasteiger partial charge in [-0.1, -0.05) is 17.3 Å². The fourth-order valence-corrected chi connectivity index (χ4v) is 1.83. The number of benzene rings is 1. The molecule has 0 aliphatic heterocycles. The molecule has 0 aromatic heterocycles. The van der Waals surface area contributed by atoms with E-state index in [1.165, 1.54) is 19.3 Å². The zero-order valence-corrected chi connectivity index (χ0v) is 12.0. The van der Waals surface area contributed by atoms with Crippen molar-refractivity contribution in [2.45, 2.75) is 13.8 Å². The lowest BCUT2D eigenvalue weighted by Crippen LogP contribution is -2.12. The fourth-order valence-electron chi connectivity index (χ4n) is 1.83. The summed E-state index contributed by atoms with van der Waals surface area (Å²) in [5.41, 5.74) is 2.02. The van der Waals surface area contributed by atoms with Gasteiger partial charge >= 0.3 is 5.97 Å². The number of methoxy groups -OCH3 is 1. The molecule has 0 unspecified atom stereocenters. The molecule has 0 saturated carbocycles. The van der Waals surface area contributed by atoms with E-state index < -0.39 is 5.97 Å². The fraction of sp³-hybridized carbons (Fsp3) is 0.188. The SMILES string of the molecule is COc1ccccc1C(=O)O/N=C1/C=CC(=O)C(C)=C1C. The van der Waals surface area contributed by atoms with Gasteiger partial charge in [-0.25, -0.2) is 4.79 Å². The summed E-state index contributed by atoms with van der Waals surface area (Å²) in [6.07, 6.45) is 2.93. The lowest BCUT2D eigenvalue weighted by Gasteiger charge is -2.10. The van der Waals surface area contributed by atoms with Crippen LogP contribution in [0.15, 0.2) is 52.7 Å². The van der Waals surface area contributed by atoms with Crippen LogP contribution in [0.4, 0.5) is 0 Å². The molecule has 0 bridgehead atoms. The van der Waals surface area contributed by atoms with Crippen LogP contribution in [0.2, 0.25) is 0 Å².